The van der Waals surface area contributed by atoms with Crippen LogP contribution in [0.4, 0.5) is 0 Å². The lowest BCUT2D eigenvalue weighted by molar-refractivity contribution is -0.687. The Balaban J connectivity index is 0.000001000. The largest absolute Gasteiger partial charge is 1.00 e. The second kappa shape index (κ2) is 5.29. The van der Waals surface area contributed by atoms with E-state index >= 15 is 0 Å². The highest BCUT2D eigenvalue weighted by atomic mass is 127. The third-order valence-electron chi connectivity index (χ3n) is 1.35. The minimum Gasteiger partial charge on any atom is -1.00 e. The molecule has 1 nitrogen and oxygen atoms in total. The summed E-state index contributed by atoms with van der Waals surface area (Å²) in [6.45, 7) is 6.64. The molecule has 0 unspecified atom stereocenters. The van der Waals surface area contributed by atoms with Crippen LogP contribution in [0.3, 0.4) is 0 Å². The first-order valence-corrected chi connectivity index (χ1v) is 3.39. The van der Waals surface area contributed by atoms with Gasteiger partial charge < -0.3 is 24.0 Å². The number of nitrogens with zero attached hydrogens (tertiary/aromatic N) is 1. The Labute approximate surface area is 84.8 Å². The van der Waals surface area contributed by atoms with E-state index in [-0.39, 0.29) is 24.0 Å². The average molecular weight is 261 g/mol. The maximum absolute atomic E-state index is 3.66. The van der Waals surface area contributed by atoms with E-state index in [9.17, 15) is 0 Å². The summed E-state index contributed by atoms with van der Waals surface area (Å²) in [5, 5.41) is 0. The monoisotopic (exact) mass is 261 g/mol. The van der Waals surface area contributed by atoms with Gasteiger partial charge in [0.25, 0.3) is 0 Å². The topological polar surface area (TPSA) is 3.88 Å². The predicted molar refractivity (Wildman–Crippen MR) is 41.6 cm³/mol. The quantitative estimate of drug-likeness (QED) is 0.345. The standard InChI is InChI=1S/C9H12N.HI/c1-3-6-10-7-4-5-9(2)8-10;/h3-5,7-8H,1,6H2,2H3;1H/q+1;/p-1. The third kappa shape index (κ3) is 3.51. The molecule has 11 heavy (non-hydrogen) atoms. The Bertz CT molecular complexity index is 233. The Kier molecular flexibility index (Phi) is 5.11. The summed E-state index contributed by atoms with van der Waals surface area (Å²) in [6, 6.07) is 4.12. The maximum Gasteiger partial charge on any atom is 0.172 e. The van der Waals surface area contributed by atoms with Crippen LogP contribution in [-0.2, 0) is 6.54 Å². The Hall–Kier alpha value is -0.380. The second-order valence-electron chi connectivity index (χ2n) is 2.37. The highest BCUT2D eigenvalue weighted by Gasteiger charge is 1.93. The van der Waals surface area contributed by atoms with Crippen LogP contribution in [0.15, 0.2) is 37.2 Å². The SMILES string of the molecule is C=CC[n+]1cccc(C)c1.[I-]. The Morgan fingerprint density at radius 3 is 2.91 bits per heavy atom. The molecule has 0 radical (unpaired) electrons. The zero-order chi connectivity index (χ0) is 7.40. The lowest BCUT2D eigenvalue weighted by Gasteiger charge is -1.90. The molecule has 0 spiro atoms. The summed E-state index contributed by atoms with van der Waals surface area (Å²) in [4.78, 5) is 0. The van der Waals surface area contributed by atoms with Crippen molar-refractivity contribution >= 4 is 0 Å². The molecule has 0 aliphatic heterocycles. The van der Waals surface area contributed by atoms with Crippen LogP contribution in [0.2, 0.25) is 0 Å². The van der Waals surface area contributed by atoms with Crippen LogP contribution in [0, 0.1) is 6.92 Å². The molecule has 1 rings (SSSR count). The molecule has 1 heterocycles. The molecular formula is C9H12IN. The normalized spacial score (nSPS) is 8.45. The zero-order valence-electron chi connectivity index (χ0n) is 6.63. The molecule has 0 aromatic carbocycles. The summed E-state index contributed by atoms with van der Waals surface area (Å²) in [5.41, 5.74) is 1.28. The number of aromatic nitrogens is 1. The first-order chi connectivity index (χ1) is 4.83. The van der Waals surface area contributed by atoms with Crippen molar-refractivity contribution in [3.63, 3.8) is 0 Å². The molecule has 0 bridgehead atoms. The van der Waals surface area contributed by atoms with Gasteiger partial charge in [-0.15, -0.1) is 0 Å². The van der Waals surface area contributed by atoms with Crippen LogP contribution in [-0.4, -0.2) is 0 Å². The van der Waals surface area contributed by atoms with Gasteiger partial charge in [-0.2, -0.15) is 0 Å². The molecule has 1 aromatic rings. The number of aryl methyl sites for hydroxylation is 1. The van der Waals surface area contributed by atoms with E-state index in [1.165, 1.54) is 5.56 Å². The summed E-state index contributed by atoms with van der Waals surface area (Å²) in [7, 11) is 0. The van der Waals surface area contributed by atoms with Crippen molar-refractivity contribution in [1.82, 2.24) is 0 Å². The van der Waals surface area contributed by atoms with Gasteiger partial charge in [-0.05, 0) is 19.1 Å². The minimum absolute atomic E-state index is 0. The molecule has 0 atom stereocenters. The van der Waals surface area contributed by atoms with E-state index in [1.54, 1.807) is 0 Å². The molecule has 0 aliphatic carbocycles. The third-order valence-corrected chi connectivity index (χ3v) is 1.35. The fourth-order valence-electron chi connectivity index (χ4n) is 0.916. The molecule has 0 saturated carbocycles. The first kappa shape index (κ1) is 10.6. The molecule has 0 fully saturated rings. The van der Waals surface area contributed by atoms with Crippen molar-refractivity contribution in [3.05, 3.63) is 42.7 Å². The van der Waals surface area contributed by atoms with E-state index < -0.39 is 0 Å². The highest BCUT2D eigenvalue weighted by Crippen LogP contribution is 1.88. The first-order valence-electron chi connectivity index (χ1n) is 3.39. The molecule has 0 saturated heterocycles. The zero-order valence-corrected chi connectivity index (χ0v) is 8.78. The van der Waals surface area contributed by atoms with Crippen molar-refractivity contribution in [1.29, 1.82) is 0 Å². The lowest BCUT2D eigenvalue weighted by atomic mass is 10.3. The van der Waals surface area contributed by atoms with Crippen LogP contribution >= 0.6 is 0 Å². The van der Waals surface area contributed by atoms with Gasteiger partial charge in [0.1, 0.15) is 0 Å². The van der Waals surface area contributed by atoms with Gasteiger partial charge >= 0.3 is 0 Å². The van der Waals surface area contributed by atoms with E-state index in [2.05, 4.69) is 30.3 Å². The maximum atomic E-state index is 3.66. The summed E-state index contributed by atoms with van der Waals surface area (Å²) in [5.74, 6) is 0. The van der Waals surface area contributed by atoms with Gasteiger partial charge in [-0.1, -0.05) is 6.58 Å². The average Bonchev–Trinajstić information content (AvgIpc) is 1.88. The van der Waals surface area contributed by atoms with Crippen molar-refractivity contribution in [2.45, 2.75) is 13.5 Å². The van der Waals surface area contributed by atoms with Gasteiger partial charge in [0.15, 0.2) is 18.9 Å². The highest BCUT2D eigenvalue weighted by molar-refractivity contribution is 5.01. The van der Waals surface area contributed by atoms with Crippen molar-refractivity contribution in [3.8, 4) is 0 Å². The van der Waals surface area contributed by atoms with Crippen molar-refractivity contribution in [2.24, 2.45) is 0 Å². The van der Waals surface area contributed by atoms with Gasteiger partial charge in [-0.3, -0.25) is 0 Å². The molecule has 1 aromatic heterocycles. The van der Waals surface area contributed by atoms with Crippen LogP contribution in [0.1, 0.15) is 5.56 Å². The Morgan fingerprint density at radius 2 is 2.36 bits per heavy atom. The molecule has 0 amide bonds. The number of hydrogen-bond donors (Lipinski definition) is 0. The summed E-state index contributed by atoms with van der Waals surface area (Å²) >= 11 is 0. The van der Waals surface area contributed by atoms with Gasteiger partial charge in [0, 0.05) is 11.6 Å². The second-order valence-corrected chi connectivity index (χ2v) is 2.37. The Morgan fingerprint density at radius 1 is 1.64 bits per heavy atom. The van der Waals surface area contributed by atoms with Crippen molar-refractivity contribution in [2.75, 3.05) is 0 Å². The number of pyridine rings is 1. The molecular weight excluding hydrogens is 249 g/mol. The lowest BCUT2D eigenvalue weighted by Crippen LogP contribution is -3.00. The number of hydrogen-bond acceptors (Lipinski definition) is 0. The summed E-state index contributed by atoms with van der Waals surface area (Å²) < 4.78 is 2.10. The smallest absolute Gasteiger partial charge is 0.172 e. The van der Waals surface area contributed by atoms with Gasteiger partial charge in [0.2, 0.25) is 0 Å². The number of rotatable bonds is 2. The van der Waals surface area contributed by atoms with Gasteiger partial charge in [0.05, 0.1) is 0 Å². The van der Waals surface area contributed by atoms with E-state index in [0.29, 0.717) is 0 Å². The molecule has 60 valence electrons. The van der Waals surface area contributed by atoms with Crippen LogP contribution in [0.25, 0.3) is 0 Å². The molecule has 0 aliphatic rings. The van der Waals surface area contributed by atoms with Crippen LogP contribution < -0.4 is 28.5 Å². The van der Waals surface area contributed by atoms with E-state index in [4.69, 9.17) is 0 Å². The van der Waals surface area contributed by atoms with E-state index in [1.807, 2.05) is 18.3 Å². The van der Waals surface area contributed by atoms with E-state index in [0.717, 1.165) is 6.54 Å². The van der Waals surface area contributed by atoms with Crippen molar-refractivity contribution < 1.29 is 28.5 Å². The minimum atomic E-state index is 0. The summed E-state index contributed by atoms with van der Waals surface area (Å²) in [6.07, 6.45) is 6.02. The fraction of sp³-hybridized carbons (Fsp3) is 0.222. The molecule has 2 heteroatoms. The van der Waals surface area contributed by atoms with Crippen LogP contribution in [0.5, 0.6) is 0 Å². The molecule has 0 N–H and O–H groups in total. The predicted octanol–water partition coefficient (Wildman–Crippen LogP) is -1.53. The number of allylic oxidation sites excluding steroid dienone is 1. The number of halogens is 1. The van der Waals surface area contributed by atoms with Gasteiger partial charge in [-0.25, -0.2) is 4.57 Å². The fourth-order valence-corrected chi connectivity index (χ4v) is 0.916.